The Bertz CT molecular complexity index is 432. The van der Waals surface area contributed by atoms with Crippen LogP contribution in [0.5, 0.6) is 0 Å². The molecule has 0 spiro atoms. The zero-order chi connectivity index (χ0) is 9.97. The van der Waals surface area contributed by atoms with Gasteiger partial charge in [-0.15, -0.1) is 0 Å². The van der Waals surface area contributed by atoms with Gasteiger partial charge in [0.1, 0.15) is 6.33 Å². The molecule has 14 heavy (non-hydrogen) atoms. The number of hydrogen-bond acceptors (Lipinski definition) is 2. The van der Waals surface area contributed by atoms with Crippen molar-refractivity contribution in [3.8, 4) is 11.3 Å². The number of benzene rings is 1. The Kier molecular flexibility index (Phi) is 2.27. The van der Waals surface area contributed by atoms with Gasteiger partial charge in [0.15, 0.2) is 0 Å². The summed E-state index contributed by atoms with van der Waals surface area (Å²) in [6.07, 6.45) is 3.42. The molecule has 2 heteroatoms. The maximum Gasteiger partial charge on any atom is 0.116 e. The predicted molar refractivity (Wildman–Crippen MR) is 56.9 cm³/mol. The molecule has 70 valence electrons. The van der Waals surface area contributed by atoms with Crippen molar-refractivity contribution in [2.45, 2.75) is 13.8 Å². The van der Waals surface area contributed by atoms with E-state index in [-0.39, 0.29) is 0 Å². The molecule has 0 atom stereocenters. The van der Waals surface area contributed by atoms with E-state index in [9.17, 15) is 0 Å². The average molecular weight is 184 g/mol. The van der Waals surface area contributed by atoms with E-state index < -0.39 is 0 Å². The first-order valence-electron chi connectivity index (χ1n) is 4.61. The molecule has 2 nitrogen and oxygen atoms in total. The number of aromatic nitrogens is 2. The highest BCUT2D eigenvalue weighted by Crippen LogP contribution is 2.19. The minimum atomic E-state index is 1.01. The van der Waals surface area contributed by atoms with Crippen LogP contribution in [0.25, 0.3) is 11.3 Å². The van der Waals surface area contributed by atoms with Gasteiger partial charge in [0.05, 0.1) is 5.69 Å². The number of aryl methyl sites for hydroxylation is 2. The summed E-state index contributed by atoms with van der Waals surface area (Å²) in [5, 5.41) is 0. The van der Waals surface area contributed by atoms with Gasteiger partial charge in [-0.2, -0.15) is 0 Å². The van der Waals surface area contributed by atoms with E-state index in [0.717, 1.165) is 16.8 Å². The quantitative estimate of drug-likeness (QED) is 0.681. The van der Waals surface area contributed by atoms with Gasteiger partial charge in [-0.25, -0.2) is 9.97 Å². The molecule has 0 radical (unpaired) electrons. The lowest BCUT2D eigenvalue weighted by molar-refractivity contribution is 1.13. The fourth-order valence-corrected chi connectivity index (χ4v) is 1.41. The monoisotopic (exact) mass is 184 g/mol. The second-order valence-corrected chi connectivity index (χ2v) is 3.42. The molecule has 1 heterocycles. The van der Waals surface area contributed by atoms with Crippen molar-refractivity contribution >= 4 is 0 Å². The Morgan fingerprint density at radius 1 is 1.00 bits per heavy atom. The highest BCUT2D eigenvalue weighted by molar-refractivity contribution is 5.62. The fraction of sp³-hybridized carbons (Fsp3) is 0.167. The highest BCUT2D eigenvalue weighted by Gasteiger charge is 2.01. The molecule has 0 fully saturated rings. The van der Waals surface area contributed by atoms with Crippen LogP contribution in [0.3, 0.4) is 0 Å². The molecule has 0 aliphatic carbocycles. The SMILES string of the molecule is Cc1ccc(-c2ncncc2C)cc1. The molecule has 0 aliphatic rings. The Labute approximate surface area is 83.7 Å². The van der Waals surface area contributed by atoms with E-state index in [1.807, 2.05) is 13.1 Å². The zero-order valence-corrected chi connectivity index (χ0v) is 8.36. The molecular weight excluding hydrogens is 172 g/mol. The summed E-state index contributed by atoms with van der Waals surface area (Å²) in [5.74, 6) is 0. The van der Waals surface area contributed by atoms with Gasteiger partial charge >= 0.3 is 0 Å². The highest BCUT2D eigenvalue weighted by atomic mass is 14.8. The third kappa shape index (κ3) is 1.64. The first-order valence-corrected chi connectivity index (χ1v) is 4.61. The van der Waals surface area contributed by atoms with Crippen LogP contribution in [-0.2, 0) is 0 Å². The standard InChI is InChI=1S/C12H12N2/c1-9-3-5-11(6-4-9)12-10(2)7-13-8-14-12/h3-8H,1-2H3. The summed E-state index contributed by atoms with van der Waals surface area (Å²) in [4.78, 5) is 8.24. The Morgan fingerprint density at radius 3 is 2.36 bits per heavy atom. The third-order valence-electron chi connectivity index (χ3n) is 2.22. The molecule has 0 amide bonds. The maximum atomic E-state index is 4.27. The van der Waals surface area contributed by atoms with Crippen molar-refractivity contribution in [1.82, 2.24) is 9.97 Å². The third-order valence-corrected chi connectivity index (χ3v) is 2.22. The van der Waals surface area contributed by atoms with Crippen LogP contribution in [0.4, 0.5) is 0 Å². The molecule has 2 aromatic rings. The molecule has 2 rings (SSSR count). The van der Waals surface area contributed by atoms with Crippen LogP contribution in [0.2, 0.25) is 0 Å². The summed E-state index contributed by atoms with van der Waals surface area (Å²) in [6, 6.07) is 8.36. The second-order valence-electron chi connectivity index (χ2n) is 3.42. The van der Waals surface area contributed by atoms with Crippen LogP contribution in [0.1, 0.15) is 11.1 Å². The van der Waals surface area contributed by atoms with Crippen LogP contribution >= 0.6 is 0 Å². The number of nitrogens with zero attached hydrogens (tertiary/aromatic N) is 2. The molecular formula is C12H12N2. The van der Waals surface area contributed by atoms with Gasteiger partial charge in [0.2, 0.25) is 0 Å². The Hall–Kier alpha value is -1.70. The molecule has 0 unspecified atom stereocenters. The van der Waals surface area contributed by atoms with E-state index >= 15 is 0 Å². The maximum absolute atomic E-state index is 4.27. The van der Waals surface area contributed by atoms with E-state index in [4.69, 9.17) is 0 Å². The minimum Gasteiger partial charge on any atom is -0.245 e. The summed E-state index contributed by atoms with van der Waals surface area (Å²) in [6.45, 7) is 4.10. The van der Waals surface area contributed by atoms with Gasteiger partial charge in [-0.05, 0) is 19.4 Å². The summed E-state index contributed by atoms with van der Waals surface area (Å²) in [5.41, 5.74) is 4.53. The van der Waals surface area contributed by atoms with Gasteiger partial charge < -0.3 is 0 Å². The fourth-order valence-electron chi connectivity index (χ4n) is 1.41. The molecule has 0 N–H and O–H groups in total. The summed E-state index contributed by atoms with van der Waals surface area (Å²) >= 11 is 0. The van der Waals surface area contributed by atoms with Crippen LogP contribution in [0, 0.1) is 13.8 Å². The largest absolute Gasteiger partial charge is 0.245 e. The van der Waals surface area contributed by atoms with E-state index in [2.05, 4.69) is 41.2 Å². The topological polar surface area (TPSA) is 25.8 Å². The normalized spacial score (nSPS) is 10.1. The minimum absolute atomic E-state index is 1.01. The predicted octanol–water partition coefficient (Wildman–Crippen LogP) is 2.76. The lowest BCUT2D eigenvalue weighted by atomic mass is 10.1. The molecule has 0 aliphatic heterocycles. The Balaban J connectivity index is 2.50. The second kappa shape index (κ2) is 3.58. The molecule has 0 saturated carbocycles. The smallest absolute Gasteiger partial charge is 0.116 e. The van der Waals surface area contributed by atoms with Crippen molar-refractivity contribution in [2.75, 3.05) is 0 Å². The van der Waals surface area contributed by atoms with Crippen molar-refractivity contribution < 1.29 is 0 Å². The van der Waals surface area contributed by atoms with Crippen molar-refractivity contribution in [1.29, 1.82) is 0 Å². The van der Waals surface area contributed by atoms with Gasteiger partial charge in [-0.1, -0.05) is 29.8 Å². The van der Waals surface area contributed by atoms with Crippen LogP contribution in [-0.4, -0.2) is 9.97 Å². The number of rotatable bonds is 1. The van der Waals surface area contributed by atoms with Crippen molar-refractivity contribution in [3.05, 3.63) is 47.9 Å². The van der Waals surface area contributed by atoms with E-state index in [0.29, 0.717) is 0 Å². The van der Waals surface area contributed by atoms with Gasteiger partial charge in [0, 0.05) is 11.8 Å². The van der Waals surface area contributed by atoms with Gasteiger partial charge in [0.25, 0.3) is 0 Å². The zero-order valence-electron chi connectivity index (χ0n) is 8.36. The van der Waals surface area contributed by atoms with Gasteiger partial charge in [-0.3, -0.25) is 0 Å². The molecule has 0 saturated heterocycles. The lowest BCUT2D eigenvalue weighted by Crippen LogP contribution is -1.89. The molecule has 1 aromatic carbocycles. The average Bonchev–Trinajstić information content (AvgIpc) is 2.20. The first kappa shape index (κ1) is 8.88. The first-order chi connectivity index (χ1) is 6.77. The van der Waals surface area contributed by atoms with Crippen molar-refractivity contribution in [3.63, 3.8) is 0 Å². The summed E-state index contributed by atoms with van der Waals surface area (Å²) < 4.78 is 0. The summed E-state index contributed by atoms with van der Waals surface area (Å²) in [7, 11) is 0. The van der Waals surface area contributed by atoms with Crippen molar-refractivity contribution in [2.24, 2.45) is 0 Å². The number of hydrogen-bond donors (Lipinski definition) is 0. The molecule has 0 bridgehead atoms. The van der Waals surface area contributed by atoms with E-state index in [1.54, 1.807) is 6.33 Å². The Morgan fingerprint density at radius 2 is 1.71 bits per heavy atom. The van der Waals surface area contributed by atoms with E-state index in [1.165, 1.54) is 5.56 Å². The molecule has 1 aromatic heterocycles. The van der Waals surface area contributed by atoms with Crippen LogP contribution in [0.15, 0.2) is 36.8 Å². The lowest BCUT2D eigenvalue weighted by Gasteiger charge is -2.03. The van der Waals surface area contributed by atoms with Crippen LogP contribution < -0.4 is 0 Å².